The molecule has 0 radical (unpaired) electrons. The van der Waals surface area contributed by atoms with Gasteiger partial charge in [0.1, 0.15) is 11.9 Å². The molecule has 0 atom stereocenters. The summed E-state index contributed by atoms with van der Waals surface area (Å²) in [4.78, 5) is 6.53. The predicted molar refractivity (Wildman–Crippen MR) is 69.5 cm³/mol. The van der Waals surface area contributed by atoms with Gasteiger partial charge in [-0.25, -0.2) is 0 Å². The molecule has 1 aliphatic heterocycles. The lowest BCUT2D eigenvalue weighted by Crippen LogP contribution is -2.35. The van der Waals surface area contributed by atoms with Crippen LogP contribution in [0.3, 0.4) is 0 Å². The first kappa shape index (κ1) is 12.2. The number of piperidine rings is 1. The highest BCUT2D eigenvalue weighted by molar-refractivity contribution is 5.44. The van der Waals surface area contributed by atoms with Crippen LogP contribution in [0.2, 0.25) is 0 Å². The Balaban J connectivity index is 1.91. The average Bonchev–Trinajstić information content (AvgIpc) is 2.33. The summed E-state index contributed by atoms with van der Waals surface area (Å²) in [5.41, 5.74) is 1.03. The van der Waals surface area contributed by atoms with Crippen LogP contribution >= 0.6 is 0 Å². The second kappa shape index (κ2) is 5.87. The fourth-order valence-electron chi connectivity index (χ4n) is 2.08. The summed E-state index contributed by atoms with van der Waals surface area (Å²) in [5.74, 6) is 0.873. The Morgan fingerprint density at radius 1 is 1.41 bits per heavy atom. The molecule has 1 aromatic rings. The average molecular weight is 235 g/mol. The summed E-state index contributed by atoms with van der Waals surface area (Å²) >= 11 is 0. The third-order valence-corrected chi connectivity index (χ3v) is 3.06. The minimum absolute atomic E-state index is 0.338. The lowest BCUT2D eigenvalue weighted by molar-refractivity contribution is 0.114. The fourth-order valence-corrected chi connectivity index (χ4v) is 2.08. The lowest BCUT2D eigenvalue weighted by Gasteiger charge is -2.29. The minimum atomic E-state index is 0.338. The van der Waals surface area contributed by atoms with Gasteiger partial charge in [-0.05, 0) is 26.8 Å². The molecule has 2 rings (SSSR count). The van der Waals surface area contributed by atoms with Gasteiger partial charge >= 0.3 is 0 Å². The van der Waals surface area contributed by atoms with Gasteiger partial charge in [0.25, 0.3) is 0 Å². The van der Waals surface area contributed by atoms with E-state index in [9.17, 15) is 0 Å². The molecular formula is C13H21N3O. The van der Waals surface area contributed by atoms with Crippen LogP contribution in [0, 0.1) is 0 Å². The fraction of sp³-hybridized carbons (Fsp3) is 0.615. The van der Waals surface area contributed by atoms with E-state index in [1.165, 1.54) is 0 Å². The maximum Gasteiger partial charge on any atom is 0.140 e. The van der Waals surface area contributed by atoms with Crippen LogP contribution in [0.25, 0.3) is 0 Å². The topological polar surface area (TPSA) is 37.4 Å². The van der Waals surface area contributed by atoms with E-state index in [-0.39, 0.29) is 0 Å². The Labute approximate surface area is 103 Å². The number of nitrogens with one attached hydrogen (secondary N) is 1. The van der Waals surface area contributed by atoms with Gasteiger partial charge < -0.3 is 15.0 Å². The zero-order valence-corrected chi connectivity index (χ0v) is 10.6. The molecule has 4 heteroatoms. The molecule has 0 saturated carbocycles. The maximum absolute atomic E-state index is 5.96. The second-order valence-electron chi connectivity index (χ2n) is 4.56. The molecule has 0 amide bonds. The maximum atomic E-state index is 5.96. The molecule has 0 bridgehead atoms. The predicted octanol–water partition coefficient (Wildman–Crippen LogP) is 1.99. The normalized spacial score (nSPS) is 18.0. The van der Waals surface area contributed by atoms with Gasteiger partial charge in [0, 0.05) is 25.7 Å². The van der Waals surface area contributed by atoms with Crippen LogP contribution in [0.5, 0.6) is 5.75 Å². The molecule has 0 spiro atoms. The summed E-state index contributed by atoms with van der Waals surface area (Å²) in [6.45, 7) is 5.21. The Morgan fingerprint density at radius 3 is 2.88 bits per heavy atom. The number of likely N-dealkylation sites (tertiary alicyclic amines) is 1. The van der Waals surface area contributed by atoms with E-state index in [0.717, 1.165) is 43.9 Å². The van der Waals surface area contributed by atoms with E-state index in [0.29, 0.717) is 6.10 Å². The molecular weight excluding hydrogens is 214 g/mol. The summed E-state index contributed by atoms with van der Waals surface area (Å²) in [5, 5.41) is 3.24. The molecule has 1 saturated heterocycles. The van der Waals surface area contributed by atoms with Crippen molar-refractivity contribution in [3.05, 3.63) is 18.5 Å². The number of hydrogen-bond acceptors (Lipinski definition) is 4. The van der Waals surface area contributed by atoms with Crippen LogP contribution in [0.15, 0.2) is 18.5 Å². The van der Waals surface area contributed by atoms with Gasteiger partial charge in [-0.3, -0.25) is 4.98 Å². The van der Waals surface area contributed by atoms with E-state index in [1.807, 2.05) is 12.3 Å². The number of nitrogens with zero attached hydrogens (tertiary/aromatic N) is 2. The van der Waals surface area contributed by atoms with Gasteiger partial charge in [-0.2, -0.15) is 0 Å². The van der Waals surface area contributed by atoms with Gasteiger partial charge in [0.15, 0.2) is 0 Å². The zero-order chi connectivity index (χ0) is 12.1. The molecule has 1 aromatic heterocycles. The highest BCUT2D eigenvalue weighted by Gasteiger charge is 2.18. The van der Waals surface area contributed by atoms with Crippen molar-refractivity contribution >= 4 is 5.69 Å². The SMILES string of the molecule is CCNc1cncc(OC2CCN(C)CC2)c1. The summed E-state index contributed by atoms with van der Waals surface area (Å²) in [7, 11) is 2.16. The Hall–Kier alpha value is -1.29. The summed E-state index contributed by atoms with van der Waals surface area (Å²) < 4.78 is 5.96. The number of anilines is 1. The molecule has 0 aliphatic carbocycles. The van der Waals surface area contributed by atoms with Crippen LogP contribution in [-0.2, 0) is 0 Å². The van der Waals surface area contributed by atoms with Crippen molar-refractivity contribution in [3.63, 3.8) is 0 Å². The first-order valence-electron chi connectivity index (χ1n) is 6.32. The summed E-state index contributed by atoms with van der Waals surface area (Å²) in [6, 6.07) is 2.02. The number of aromatic nitrogens is 1. The number of hydrogen-bond donors (Lipinski definition) is 1. The van der Waals surface area contributed by atoms with Crippen LogP contribution in [-0.4, -0.2) is 42.7 Å². The molecule has 1 fully saturated rings. The molecule has 4 nitrogen and oxygen atoms in total. The van der Waals surface area contributed by atoms with Crippen LogP contribution in [0.4, 0.5) is 5.69 Å². The van der Waals surface area contributed by atoms with Crippen molar-refractivity contribution in [1.82, 2.24) is 9.88 Å². The molecule has 2 heterocycles. The summed E-state index contributed by atoms with van der Waals surface area (Å²) in [6.07, 6.45) is 6.15. The monoisotopic (exact) mass is 235 g/mol. The first-order chi connectivity index (χ1) is 8.28. The quantitative estimate of drug-likeness (QED) is 0.866. The third-order valence-electron chi connectivity index (χ3n) is 3.06. The molecule has 0 aromatic carbocycles. The Bertz CT molecular complexity index is 348. The van der Waals surface area contributed by atoms with Crippen molar-refractivity contribution in [2.75, 3.05) is 32.0 Å². The van der Waals surface area contributed by atoms with E-state index in [1.54, 1.807) is 6.20 Å². The number of pyridine rings is 1. The lowest BCUT2D eigenvalue weighted by atomic mass is 10.1. The van der Waals surface area contributed by atoms with Gasteiger partial charge in [0.2, 0.25) is 0 Å². The molecule has 17 heavy (non-hydrogen) atoms. The van der Waals surface area contributed by atoms with Crippen molar-refractivity contribution in [1.29, 1.82) is 0 Å². The van der Waals surface area contributed by atoms with Crippen LogP contribution < -0.4 is 10.1 Å². The number of rotatable bonds is 4. The van der Waals surface area contributed by atoms with Gasteiger partial charge in [0.05, 0.1) is 18.1 Å². The van der Waals surface area contributed by atoms with E-state index in [4.69, 9.17) is 4.74 Å². The van der Waals surface area contributed by atoms with Crippen molar-refractivity contribution in [3.8, 4) is 5.75 Å². The highest BCUT2D eigenvalue weighted by Crippen LogP contribution is 2.20. The smallest absolute Gasteiger partial charge is 0.140 e. The molecule has 1 aliphatic rings. The Kier molecular flexibility index (Phi) is 4.20. The van der Waals surface area contributed by atoms with Gasteiger partial charge in [-0.15, -0.1) is 0 Å². The van der Waals surface area contributed by atoms with Gasteiger partial charge in [-0.1, -0.05) is 0 Å². The minimum Gasteiger partial charge on any atom is -0.489 e. The molecule has 0 unspecified atom stereocenters. The molecule has 1 N–H and O–H groups in total. The van der Waals surface area contributed by atoms with Crippen molar-refractivity contribution in [2.45, 2.75) is 25.9 Å². The molecule has 94 valence electrons. The number of ether oxygens (including phenoxy) is 1. The second-order valence-corrected chi connectivity index (χ2v) is 4.56. The first-order valence-corrected chi connectivity index (χ1v) is 6.32. The van der Waals surface area contributed by atoms with Crippen LogP contribution in [0.1, 0.15) is 19.8 Å². The Morgan fingerprint density at radius 2 is 2.18 bits per heavy atom. The largest absolute Gasteiger partial charge is 0.489 e. The van der Waals surface area contributed by atoms with Crippen molar-refractivity contribution in [2.24, 2.45) is 0 Å². The van der Waals surface area contributed by atoms with E-state index < -0.39 is 0 Å². The van der Waals surface area contributed by atoms with Crippen molar-refractivity contribution < 1.29 is 4.74 Å². The van der Waals surface area contributed by atoms with E-state index >= 15 is 0 Å². The van der Waals surface area contributed by atoms with E-state index in [2.05, 4.69) is 29.2 Å². The highest BCUT2D eigenvalue weighted by atomic mass is 16.5. The standard InChI is InChI=1S/C13H21N3O/c1-3-15-11-8-13(10-14-9-11)17-12-4-6-16(2)7-5-12/h8-10,12,15H,3-7H2,1-2H3. The zero-order valence-electron chi connectivity index (χ0n) is 10.6. The third kappa shape index (κ3) is 3.60.